The van der Waals surface area contributed by atoms with Crippen molar-refractivity contribution in [1.82, 2.24) is 14.7 Å². The highest BCUT2D eigenvalue weighted by molar-refractivity contribution is 6.36. The number of hydrogen-bond acceptors (Lipinski definition) is 2. The molecule has 0 aliphatic carbocycles. The molecule has 2 aromatic heterocycles. The highest BCUT2D eigenvalue weighted by Crippen LogP contribution is 2.21. The first-order valence-corrected chi connectivity index (χ1v) is 7.91. The zero-order valence-electron chi connectivity index (χ0n) is 12.2. The number of fused-ring (bicyclic) bond motifs is 1. The second kappa shape index (κ2) is 7.14. The Labute approximate surface area is 134 Å². The van der Waals surface area contributed by atoms with E-state index in [1.54, 1.807) is 12.3 Å². The van der Waals surface area contributed by atoms with Gasteiger partial charge in [-0.2, -0.15) is 0 Å². The maximum absolute atomic E-state index is 11.9. The van der Waals surface area contributed by atoms with E-state index in [4.69, 9.17) is 23.2 Å². The molecule has 6 heteroatoms. The van der Waals surface area contributed by atoms with Gasteiger partial charge < -0.3 is 9.72 Å². The normalized spacial score (nSPS) is 11.3. The molecule has 0 saturated carbocycles. The van der Waals surface area contributed by atoms with Gasteiger partial charge in [0.2, 0.25) is 5.91 Å². The van der Waals surface area contributed by atoms with Crippen LogP contribution < -0.4 is 5.32 Å². The van der Waals surface area contributed by atoms with Crippen molar-refractivity contribution in [2.45, 2.75) is 33.1 Å². The Morgan fingerprint density at radius 3 is 2.71 bits per heavy atom. The maximum atomic E-state index is 11.9. The van der Waals surface area contributed by atoms with E-state index in [0.717, 1.165) is 18.5 Å². The van der Waals surface area contributed by atoms with Crippen LogP contribution in [0, 0.1) is 5.92 Å². The van der Waals surface area contributed by atoms with Gasteiger partial charge >= 0.3 is 0 Å². The van der Waals surface area contributed by atoms with Crippen molar-refractivity contribution in [2.24, 2.45) is 5.92 Å². The van der Waals surface area contributed by atoms with Crippen molar-refractivity contribution >= 4 is 34.8 Å². The van der Waals surface area contributed by atoms with Gasteiger partial charge in [0.25, 0.3) is 0 Å². The van der Waals surface area contributed by atoms with E-state index in [2.05, 4.69) is 10.3 Å². The van der Waals surface area contributed by atoms with Crippen LogP contribution in [-0.2, 0) is 11.2 Å². The lowest BCUT2D eigenvalue weighted by Gasteiger charge is -2.11. The molecule has 0 fully saturated rings. The average Bonchev–Trinajstić information content (AvgIpc) is 2.83. The largest absolute Gasteiger partial charge is 0.355 e. The summed E-state index contributed by atoms with van der Waals surface area (Å²) in [6.07, 6.45) is 6.05. The molecule has 0 aliphatic rings. The van der Waals surface area contributed by atoms with Gasteiger partial charge in [0.05, 0.1) is 15.7 Å². The summed E-state index contributed by atoms with van der Waals surface area (Å²) >= 11 is 12.1. The number of aromatic nitrogens is 2. The lowest BCUT2D eigenvalue weighted by Crippen LogP contribution is -2.31. The van der Waals surface area contributed by atoms with Crippen molar-refractivity contribution < 1.29 is 4.79 Å². The van der Waals surface area contributed by atoms with Gasteiger partial charge in [0.1, 0.15) is 0 Å². The van der Waals surface area contributed by atoms with Crippen LogP contribution in [0.5, 0.6) is 0 Å². The summed E-state index contributed by atoms with van der Waals surface area (Å²) in [5.74, 6) is 0.212. The summed E-state index contributed by atoms with van der Waals surface area (Å²) in [5.41, 5.74) is 1.56. The van der Waals surface area contributed by atoms with Gasteiger partial charge in [0.15, 0.2) is 5.65 Å². The van der Waals surface area contributed by atoms with E-state index < -0.39 is 0 Å². The number of hydrogen-bond donors (Lipinski definition) is 1. The maximum Gasteiger partial charge on any atom is 0.223 e. The summed E-state index contributed by atoms with van der Waals surface area (Å²) in [5, 5.41) is 4.05. The molecule has 2 heterocycles. The zero-order valence-corrected chi connectivity index (χ0v) is 13.7. The molecule has 1 amide bonds. The monoisotopic (exact) mass is 327 g/mol. The van der Waals surface area contributed by atoms with Crippen molar-refractivity contribution in [1.29, 1.82) is 0 Å². The number of nitrogens with one attached hydrogen (secondary N) is 1. The van der Waals surface area contributed by atoms with Crippen LogP contribution >= 0.6 is 23.2 Å². The number of halogens is 2. The van der Waals surface area contributed by atoms with Gasteiger partial charge in [-0.25, -0.2) is 4.98 Å². The average molecular weight is 328 g/mol. The number of amides is 1. The molecule has 0 unspecified atom stereocenters. The molecule has 0 atom stereocenters. The number of pyridine rings is 1. The fraction of sp³-hybridized carbons (Fsp3) is 0.467. The molecule has 21 heavy (non-hydrogen) atoms. The summed E-state index contributed by atoms with van der Waals surface area (Å²) in [7, 11) is 0. The van der Waals surface area contributed by atoms with Crippen LogP contribution in [0.25, 0.3) is 5.65 Å². The van der Waals surface area contributed by atoms with Crippen molar-refractivity contribution in [3.8, 4) is 0 Å². The Kier molecular flexibility index (Phi) is 5.48. The Morgan fingerprint density at radius 1 is 1.33 bits per heavy atom. The molecule has 0 spiro atoms. The van der Waals surface area contributed by atoms with Gasteiger partial charge in [-0.3, -0.25) is 4.79 Å². The highest BCUT2D eigenvalue weighted by Gasteiger charge is 2.13. The molecule has 0 bridgehead atoms. The quantitative estimate of drug-likeness (QED) is 0.878. The minimum absolute atomic E-state index is 0.0966. The van der Waals surface area contributed by atoms with Crippen molar-refractivity contribution in [3.05, 3.63) is 34.2 Å². The van der Waals surface area contributed by atoms with Gasteiger partial charge in [0, 0.05) is 31.3 Å². The van der Waals surface area contributed by atoms with Crippen LogP contribution in [0.3, 0.4) is 0 Å². The first-order valence-electron chi connectivity index (χ1n) is 7.15. The molecule has 114 valence electrons. The van der Waals surface area contributed by atoms with E-state index in [9.17, 15) is 4.79 Å². The smallest absolute Gasteiger partial charge is 0.223 e. The molecule has 0 radical (unpaired) electrons. The molecule has 4 nitrogen and oxygen atoms in total. The minimum atomic E-state index is 0.0966. The SMILES string of the molecule is CCC(CC)C(=O)NCCc1cn2cc(Cl)cc(Cl)c2n1. The second-order valence-corrected chi connectivity index (χ2v) is 5.87. The van der Waals surface area contributed by atoms with E-state index >= 15 is 0 Å². The molecular formula is C15H19Cl2N3O. The number of carbonyl (C=O) groups is 1. The van der Waals surface area contributed by atoms with E-state index in [-0.39, 0.29) is 11.8 Å². The third-order valence-electron chi connectivity index (χ3n) is 3.56. The minimum Gasteiger partial charge on any atom is -0.355 e. The predicted octanol–water partition coefficient (Wildman–Crippen LogP) is 3.74. The number of rotatable bonds is 6. The van der Waals surface area contributed by atoms with Crippen LogP contribution in [0.15, 0.2) is 18.5 Å². The van der Waals surface area contributed by atoms with E-state index in [0.29, 0.717) is 28.7 Å². The highest BCUT2D eigenvalue weighted by atomic mass is 35.5. The molecule has 0 aromatic carbocycles. The standard InChI is InChI=1S/C15H19Cl2N3O/c1-3-10(4-2)15(21)18-6-5-12-9-20-8-11(16)7-13(17)14(20)19-12/h7-10H,3-6H2,1-2H3,(H,18,21). The Balaban J connectivity index is 1.98. The lowest BCUT2D eigenvalue weighted by molar-refractivity contribution is -0.125. The molecule has 0 saturated heterocycles. The predicted molar refractivity (Wildman–Crippen MR) is 86.0 cm³/mol. The first kappa shape index (κ1) is 16.1. The first-order chi connectivity index (χ1) is 10.0. The van der Waals surface area contributed by atoms with Crippen LogP contribution in [0.1, 0.15) is 32.4 Å². The number of nitrogens with zero attached hydrogens (tertiary/aromatic N) is 2. The molecular weight excluding hydrogens is 309 g/mol. The number of carbonyl (C=O) groups excluding carboxylic acids is 1. The van der Waals surface area contributed by atoms with Crippen LogP contribution in [0.2, 0.25) is 10.0 Å². The Bertz CT molecular complexity index is 635. The fourth-order valence-corrected chi connectivity index (χ4v) is 2.84. The van der Waals surface area contributed by atoms with Gasteiger partial charge in [-0.1, -0.05) is 37.0 Å². The second-order valence-electron chi connectivity index (χ2n) is 5.02. The van der Waals surface area contributed by atoms with Crippen LogP contribution in [-0.4, -0.2) is 21.8 Å². The molecule has 2 rings (SSSR count). The molecule has 1 N–H and O–H groups in total. The fourth-order valence-electron chi connectivity index (χ4n) is 2.31. The lowest BCUT2D eigenvalue weighted by atomic mass is 10.0. The molecule has 0 aliphatic heterocycles. The Morgan fingerprint density at radius 2 is 2.05 bits per heavy atom. The van der Waals surface area contributed by atoms with Gasteiger partial charge in [-0.05, 0) is 18.9 Å². The van der Waals surface area contributed by atoms with E-state index in [1.165, 1.54) is 0 Å². The number of imidazole rings is 1. The summed E-state index contributed by atoms with van der Waals surface area (Å²) in [6, 6.07) is 1.67. The third-order valence-corrected chi connectivity index (χ3v) is 4.04. The summed E-state index contributed by atoms with van der Waals surface area (Å²) < 4.78 is 1.81. The Hall–Kier alpha value is -1.26. The van der Waals surface area contributed by atoms with Crippen LogP contribution in [0.4, 0.5) is 0 Å². The van der Waals surface area contributed by atoms with Crippen molar-refractivity contribution in [2.75, 3.05) is 6.54 Å². The topological polar surface area (TPSA) is 46.4 Å². The third kappa shape index (κ3) is 3.89. The zero-order chi connectivity index (χ0) is 15.4. The van der Waals surface area contributed by atoms with Gasteiger partial charge in [-0.15, -0.1) is 0 Å². The van der Waals surface area contributed by atoms with E-state index in [1.807, 2.05) is 24.4 Å². The molecule has 2 aromatic rings. The summed E-state index contributed by atoms with van der Waals surface area (Å²) in [4.78, 5) is 16.3. The van der Waals surface area contributed by atoms with Crippen molar-refractivity contribution in [3.63, 3.8) is 0 Å². The summed E-state index contributed by atoms with van der Waals surface area (Å²) in [6.45, 7) is 4.63.